The topological polar surface area (TPSA) is 44.1 Å². The largest absolute Gasteiger partial charge is 0.496 e. The lowest BCUT2D eigenvalue weighted by Gasteiger charge is -2.12. The molecule has 1 heterocycles. The predicted molar refractivity (Wildman–Crippen MR) is 78.1 cm³/mol. The summed E-state index contributed by atoms with van der Waals surface area (Å²) in [6, 6.07) is 15.3. The van der Waals surface area contributed by atoms with Gasteiger partial charge in [0.25, 0.3) is 0 Å². The Morgan fingerprint density at radius 3 is 2.70 bits per heavy atom. The first-order valence-corrected chi connectivity index (χ1v) is 6.36. The van der Waals surface area contributed by atoms with Crippen molar-refractivity contribution in [1.82, 2.24) is 9.78 Å². The van der Waals surface area contributed by atoms with Gasteiger partial charge < -0.3 is 4.74 Å². The van der Waals surface area contributed by atoms with Gasteiger partial charge in [0.2, 0.25) is 5.43 Å². The van der Waals surface area contributed by atoms with Crippen molar-refractivity contribution in [2.45, 2.75) is 6.54 Å². The van der Waals surface area contributed by atoms with E-state index >= 15 is 0 Å². The molecule has 4 nitrogen and oxygen atoms in total. The fourth-order valence-electron chi connectivity index (χ4n) is 2.28. The Morgan fingerprint density at radius 1 is 1.10 bits per heavy atom. The van der Waals surface area contributed by atoms with Crippen LogP contribution in [0.5, 0.6) is 5.75 Å². The lowest BCUT2D eigenvalue weighted by atomic mass is 10.2. The molecule has 3 aromatic rings. The minimum Gasteiger partial charge on any atom is -0.496 e. The highest BCUT2D eigenvalue weighted by atomic mass is 16.5. The number of nitrogens with zero attached hydrogens (tertiary/aromatic N) is 2. The SMILES string of the molecule is COc1ccccc1Cn1ncc(=O)c2ccccc21. The summed E-state index contributed by atoms with van der Waals surface area (Å²) in [5, 5.41) is 4.90. The Balaban J connectivity index is 2.12. The molecular weight excluding hydrogens is 252 g/mol. The van der Waals surface area contributed by atoms with Gasteiger partial charge in [0.05, 0.1) is 25.4 Å². The van der Waals surface area contributed by atoms with E-state index in [9.17, 15) is 4.79 Å². The fourth-order valence-corrected chi connectivity index (χ4v) is 2.28. The average molecular weight is 266 g/mol. The molecule has 0 aliphatic heterocycles. The molecule has 0 fully saturated rings. The standard InChI is InChI=1S/C16H14N2O2/c1-20-16-9-5-2-6-12(16)11-18-14-8-4-3-7-13(14)15(19)10-17-18/h2-10H,11H2,1H3. The predicted octanol–water partition coefficient (Wildman–Crippen LogP) is 2.45. The molecule has 0 unspecified atom stereocenters. The highest BCUT2D eigenvalue weighted by molar-refractivity contribution is 5.78. The van der Waals surface area contributed by atoms with E-state index in [0.29, 0.717) is 11.9 Å². The van der Waals surface area contributed by atoms with Gasteiger partial charge in [-0.1, -0.05) is 30.3 Å². The number of rotatable bonds is 3. The summed E-state index contributed by atoms with van der Waals surface area (Å²) in [5.41, 5.74) is 1.79. The summed E-state index contributed by atoms with van der Waals surface area (Å²) in [4.78, 5) is 11.8. The van der Waals surface area contributed by atoms with Crippen LogP contribution in [0.15, 0.2) is 59.5 Å². The second-order valence-corrected chi connectivity index (χ2v) is 4.50. The number of benzene rings is 2. The van der Waals surface area contributed by atoms with Crippen molar-refractivity contribution in [3.05, 3.63) is 70.5 Å². The molecule has 20 heavy (non-hydrogen) atoms. The van der Waals surface area contributed by atoms with Gasteiger partial charge in [-0.05, 0) is 18.2 Å². The molecule has 0 saturated heterocycles. The number of ether oxygens (including phenoxy) is 1. The smallest absolute Gasteiger partial charge is 0.207 e. The molecule has 3 rings (SSSR count). The van der Waals surface area contributed by atoms with Gasteiger partial charge in [-0.25, -0.2) is 0 Å². The zero-order valence-corrected chi connectivity index (χ0v) is 11.1. The maximum absolute atomic E-state index is 11.8. The quantitative estimate of drug-likeness (QED) is 0.731. The lowest BCUT2D eigenvalue weighted by molar-refractivity contribution is 0.407. The lowest BCUT2D eigenvalue weighted by Crippen LogP contribution is -2.13. The average Bonchev–Trinajstić information content (AvgIpc) is 2.51. The van der Waals surface area contributed by atoms with Gasteiger partial charge in [-0.3, -0.25) is 9.48 Å². The van der Waals surface area contributed by atoms with E-state index in [4.69, 9.17) is 4.74 Å². The monoisotopic (exact) mass is 266 g/mol. The van der Waals surface area contributed by atoms with Crippen LogP contribution in [0.3, 0.4) is 0 Å². The Kier molecular flexibility index (Phi) is 3.21. The van der Waals surface area contributed by atoms with Crippen LogP contribution in [0.2, 0.25) is 0 Å². The number of hydrogen-bond donors (Lipinski definition) is 0. The molecule has 1 aromatic heterocycles. The zero-order chi connectivity index (χ0) is 13.9. The van der Waals surface area contributed by atoms with Crippen LogP contribution in [0.25, 0.3) is 10.9 Å². The first-order chi connectivity index (χ1) is 9.79. The van der Waals surface area contributed by atoms with Crippen LogP contribution < -0.4 is 10.2 Å². The molecular formula is C16H14N2O2. The Morgan fingerprint density at radius 2 is 1.85 bits per heavy atom. The third kappa shape index (κ3) is 2.16. The molecule has 4 heteroatoms. The van der Waals surface area contributed by atoms with E-state index in [1.165, 1.54) is 6.20 Å². The molecule has 0 radical (unpaired) electrons. The van der Waals surface area contributed by atoms with E-state index in [2.05, 4.69) is 5.10 Å². The molecule has 0 atom stereocenters. The number of methoxy groups -OCH3 is 1. The molecule has 0 amide bonds. The zero-order valence-electron chi connectivity index (χ0n) is 11.1. The number of hydrogen-bond acceptors (Lipinski definition) is 3. The summed E-state index contributed by atoms with van der Waals surface area (Å²) in [5.74, 6) is 0.817. The maximum atomic E-state index is 11.8. The van der Waals surface area contributed by atoms with Crippen molar-refractivity contribution in [3.8, 4) is 5.75 Å². The number of fused-ring (bicyclic) bond motifs is 1. The second-order valence-electron chi connectivity index (χ2n) is 4.50. The molecule has 100 valence electrons. The van der Waals surface area contributed by atoms with Crippen LogP contribution in [0.4, 0.5) is 0 Å². The van der Waals surface area contributed by atoms with Gasteiger partial charge in [0.1, 0.15) is 5.75 Å². The molecule has 0 spiro atoms. The Bertz CT molecular complexity index is 809. The van der Waals surface area contributed by atoms with Crippen LogP contribution in [-0.4, -0.2) is 16.9 Å². The van der Waals surface area contributed by atoms with Crippen molar-refractivity contribution in [2.75, 3.05) is 7.11 Å². The van der Waals surface area contributed by atoms with E-state index in [-0.39, 0.29) is 5.43 Å². The van der Waals surface area contributed by atoms with Gasteiger partial charge in [-0.15, -0.1) is 0 Å². The van der Waals surface area contributed by atoms with E-state index in [1.54, 1.807) is 7.11 Å². The Labute approximate surface area is 116 Å². The van der Waals surface area contributed by atoms with Crippen LogP contribution in [0, 0.1) is 0 Å². The number of para-hydroxylation sites is 2. The number of aromatic nitrogens is 2. The van der Waals surface area contributed by atoms with E-state index in [0.717, 1.165) is 16.8 Å². The van der Waals surface area contributed by atoms with Crippen molar-refractivity contribution in [3.63, 3.8) is 0 Å². The van der Waals surface area contributed by atoms with Crippen LogP contribution >= 0.6 is 0 Å². The molecule has 0 aliphatic rings. The second kappa shape index (κ2) is 5.17. The van der Waals surface area contributed by atoms with Crippen molar-refractivity contribution in [1.29, 1.82) is 0 Å². The van der Waals surface area contributed by atoms with Gasteiger partial charge in [0.15, 0.2) is 0 Å². The maximum Gasteiger partial charge on any atom is 0.207 e. The summed E-state index contributed by atoms with van der Waals surface area (Å²) in [7, 11) is 1.65. The first-order valence-electron chi connectivity index (χ1n) is 6.36. The molecule has 2 aromatic carbocycles. The minimum atomic E-state index is -0.0584. The van der Waals surface area contributed by atoms with Crippen molar-refractivity contribution in [2.24, 2.45) is 0 Å². The summed E-state index contributed by atoms with van der Waals surface area (Å²) >= 11 is 0. The molecule has 0 bridgehead atoms. The normalized spacial score (nSPS) is 10.7. The minimum absolute atomic E-state index is 0.0584. The van der Waals surface area contributed by atoms with Gasteiger partial charge in [-0.2, -0.15) is 5.10 Å². The molecule has 0 N–H and O–H groups in total. The van der Waals surface area contributed by atoms with E-state index < -0.39 is 0 Å². The van der Waals surface area contributed by atoms with Crippen LogP contribution in [-0.2, 0) is 6.54 Å². The highest BCUT2D eigenvalue weighted by Gasteiger charge is 2.07. The highest BCUT2D eigenvalue weighted by Crippen LogP contribution is 2.19. The summed E-state index contributed by atoms with van der Waals surface area (Å²) in [6.45, 7) is 0.560. The first kappa shape index (κ1) is 12.4. The van der Waals surface area contributed by atoms with Crippen molar-refractivity contribution < 1.29 is 4.74 Å². The van der Waals surface area contributed by atoms with Gasteiger partial charge in [0, 0.05) is 10.9 Å². The Hall–Kier alpha value is -2.62. The third-order valence-corrected chi connectivity index (χ3v) is 3.27. The molecule has 0 aliphatic carbocycles. The van der Waals surface area contributed by atoms with Gasteiger partial charge >= 0.3 is 0 Å². The van der Waals surface area contributed by atoms with Crippen LogP contribution in [0.1, 0.15) is 5.56 Å². The summed E-state index contributed by atoms with van der Waals surface area (Å²) in [6.07, 6.45) is 1.36. The molecule has 0 saturated carbocycles. The fraction of sp³-hybridized carbons (Fsp3) is 0.125. The summed E-state index contributed by atoms with van der Waals surface area (Å²) < 4.78 is 7.16. The van der Waals surface area contributed by atoms with E-state index in [1.807, 2.05) is 53.2 Å². The van der Waals surface area contributed by atoms with Crippen molar-refractivity contribution >= 4 is 10.9 Å². The third-order valence-electron chi connectivity index (χ3n) is 3.27.